The molecule has 0 spiro atoms. The van der Waals surface area contributed by atoms with Crippen LogP contribution in [-0.4, -0.2) is 80.9 Å². The largest absolute Gasteiger partial charge is 0.356 e. The number of amides is 1. The van der Waals surface area contributed by atoms with Crippen LogP contribution in [0.25, 0.3) is 0 Å². The Morgan fingerprint density at radius 3 is 2.26 bits per heavy atom. The number of hydrogen-bond acceptors (Lipinski definition) is 4. The van der Waals surface area contributed by atoms with Gasteiger partial charge in [-0.15, -0.1) is 0 Å². The van der Waals surface area contributed by atoms with E-state index in [2.05, 4.69) is 10.2 Å². The van der Waals surface area contributed by atoms with E-state index in [1.807, 2.05) is 4.90 Å². The summed E-state index contributed by atoms with van der Waals surface area (Å²) in [7, 11) is -2.86. The van der Waals surface area contributed by atoms with Crippen LogP contribution in [0.1, 0.15) is 45.4 Å². The second kappa shape index (κ2) is 9.26. The fourth-order valence-electron chi connectivity index (χ4n) is 4.36. The minimum absolute atomic E-state index is 0.125. The monoisotopic (exact) mass is 398 g/mol. The van der Waals surface area contributed by atoms with E-state index >= 15 is 0 Å². The highest BCUT2D eigenvalue weighted by Gasteiger charge is 2.28. The number of nitrogens with zero attached hydrogens (tertiary/aromatic N) is 3. The van der Waals surface area contributed by atoms with E-state index in [1.54, 1.807) is 6.92 Å². The molecule has 1 saturated carbocycles. The molecule has 1 N–H and O–H groups in total. The van der Waals surface area contributed by atoms with E-state index in [9.17, 15) is 13.2 Å². The van der Waals surface area contributed by atoms with Gasteiger partial charge in [-0.1, -0.05) is 19.3 Å². The van der Waals surface area contributed by atoms with Crippen LogP contribution in [0.15, 0.2) is 4.99 Å². The Balaban J connectivity index is 1.59. The van der Waals surface area contributed by atoms with Crippen LogP contribution >= 0.6 is 0 Å². The molecule has 3 aliphatic rings. The number of rotatable bonds is 4. The van der Waals surface area contributed by atoms with Gasteiger partial charge in [0.05, 0.1) is 11.5 Å². The number of piperazine rings is 1. The van der Waals surface area contributed by atoms with Gasteiger partial charge in [0, 0.05) is 46.2 Å². The average molecular weight is 399 g/mol. The summed E-state index contributed by atoms with van der Waals surface area (Å²) in [6.07, 6.45) is 7.26. The summed E-state index contributed by atoms with van der Waals surface area (Å²) in [5, 5.41) is 3.57. The van der Waals surface area contributed by atoms with Crippen LogP contribution in [0.4, 0.5) is 0 Å². The number of hydrogen-bond donors (Lipinski definition) is 1. The molecule has 0 radical (unpaired) electrons. The SMILES string of the molecule is CC(=O)N1CCN(C(=NCC2CCS(=O)(=O)C2)NCC2CCCCC2)CC1. The van der Waals surface area contributed by atoms with Crippen molar-refractivity contribution < 1.29 is 13.2 Å². The molecule has 2 saturated heterocycles. The van der Waals surface area contributed by atoms with Crippen molar-refractivity contribution in [2.75, 3.05) is 50.8 Å². The minimum Gasteiger partial charge on any atom is -0.356 e. The summed E-state index contributed by atoms with van der Waals surface area (Å²) in [6.45, 7) is 6.12. The third-order valence-electron chi connectivity index (χ3n) is 6.12. The molecule has 0 aromatic heterocycles. The van der Waals surface area contributed by atoms with Gasteiger partial charge in [-0.3, -0.25) is 9.79 Å². The molecule has 3 rings (SSSR count). The summed E-state index contributed by atoms with van der Waals surface area (Å²) >= 11 is 0. The molecule has 3 fully saturated rings. The van der Waals surface area contributed by atoms with E-state index in [0.29, 0.717) is 18.2 Å². The van der Waals surface area contributed by atoms with Gasteiger partial charge in [-0.25, -0.2) is 8.42 Å². The normalized spacial score (nSPS) is 27.0. The molecule has 0 bridgehead atoms. The molecule has 27 heavy (non-hydrogen) atoms. The first-order valence-electron chi connectivity index (χ1n) is 10.4. The standard InChI is InChI=1S/C19H34N4O3S/c1-16(24)22-8-10-23(11-9-22)19(20-13-17-5-3-2-4-6-17)21-14-18-7-12-27(25,26)15-18/h17-18H,2-15H2,1H3,(H,20,21). The van der Waals surface area contributed by atoms with Crippen LogP contribution in [-0.2, 0) is 14.6 Å². The molecule has 7 nitrogen and oxygen atoms in total. The van der Waals surface area contributed by atoms with E-state index in [4.69, 9.17) is 4.99 Å². The van der Waals surface area contributed by atoms with Gasteiger partial charge in [0.15, 0.2) is 15.8 Å². The van der Waals surface area contributed by atoms with Crippen molar-refractivity contribution in [2.24, 2.45) is 16.8 Å². The summed E-state index contributed by atoms with van der Waals surface area (Å²) in [4.78, 5) is 20.5. The molecule has 1 unspecified atom stereocenters. The lowest BCUT2D eigenvalue weighted by Gasteiger charge is -2.37. The van der Waals surface area contributed by atoms with Crippen LogP contribution in [0.3, 0.4) is 0 Å². The number of guanidine groups is 1. The lowest BCUT2D eigenvalue weighted by molar-refractivity contribution is -0.130. The zero-order valence-electron chi connectivity index (χ0n) is 16.5. The molecule has 2 heterocycles. The number of nitrogens with one attached hydrogen (secondary N) is 1. The second-order valence-electron chi connectivity index (χ2n) is 8.31. The van der Waals surface area contributed by atoms with Gasteiger partial charge >= 0.3 is 0 Å². The number of carbonyl (C=O) groups is 1. The molecule has 0 aromatic carbocycles. The molecule has 8 heteroatoms. The van der Waals surface area contributed by atoms with Crippen molar-refractivity contribution in [3.05, 3.63) is 0 Å². The van der Waals surface area contributed by atoms with Crippen molar-refractivity contribution in [1.29, 1.82) is 0 Å². The first-order chi connectivity index (χ1) is 12.9. The van der Waals surface area contributed by atoms with Crippen LogP contribution in [0, 0.1) is 11.8 Å². The first kappa shape index (κ1) is 20.4. The molecule has 154 valence electrons. The van der Waals surface area contributed by atoms with Gasteiger partial charge in [-0.05, 0) is 31.1 Å². The zero-order chi connectivity index (χ0) is 19.3. The predicted molar refractivity (Wildman–Crippen MR) is 107 cm³/mol. The van der Waals surface area contributed by atoms with E-state index in [0.717, 1.165) is 45.1 Å². The Labute approximate surface area is 163 Å². The second-order valence-corrected chi connectivity index (χ2v) is 10.5. The Bertz CT molecular complexity index is 635. The Morgan fingerprint density at radius 2 is 1.67 bits per heavy atom. The highest BCUT2D eigenvalue weighted by molar-refractivity contribution is 7.91. The smallest absolute Gasteiger partial charge is 0.219 e. The molecule has 1 aliphatic carbocycles. The van der Waals surface area contributed by atoms with Crippen LogP contribution < -0.4 is 5.32 Å². The lowest BCUT2D eigenvalue weighted by Crippen LogP contribution is -2.54. The topological polar surface area (TPSA) is 82.1 Å². The molecule has 0 aromatic rings. The molecule has 1 amide bonds. The van der Waals surface area contributed by atoms with Gasteiger partial charge in [0.1, 0.15) is 0 Å². The predicted octanol–water partition coefficient (Wildman–Crippen LogP) is 1.11. The van der Waals surface area contributed by atoms with Gasteiger partial charge in [0.2, 0.25) is 5.91 Å². The summed E-state index contributed by atoms with van der Waals surface area (Å²) in [6, 6.07) is 0. The maximum Gasteiger partial charge on any atom is 0.219 e. The van der Waals surface area contributed by atoms with Crippen molar-refractivity contribution in [2.45, 2.75) is 45.4 Å². The summed E-state index contributed by atoms with van der Waals surface area (Å²) in [5.74, 6) is 2.43. The highest BCUT2D eigenvalue weighted by Crippen LogP contribution is 2.23. The highest BCUT2D eigenvalue weighted by atomic mass is 32.2. The third-order valence-corrected chi connectivity index (χ3v) is 7.96. The van der Waals surface area contributed by atoms with E-state index in [-0.39, 0.29) is 17.6 Å². The van der Waals surface area contributed by atoms with Crippen molar-refractivity contribution >= 4 is 21.7 Å². The number of sulfone groups is 1. The Morgan fingerprint density at radius 1 is 1.00 bits per heavy atom. The number of aliphatic imine (C=N–C) groups is 1. The molecule has 2 aliphatic heterocycles. The van der Waals surface area contributed by atoms with Gasteiger partial charge in [0.25, 0.3) is 0 Å². The fourth-order valence-corrected chi connectivity index (χ4v) is 6.21. The fraction of sp³-hybridized carbons (Fsp3) is 0.895. The van der Waals surface area contributed by atoms with Crippen molar-refractivity contribution in [1.82, 2.24) is 15.1 Å². The Kier molecular flexibility index (Phi) is 7.00. The minimum atomic E-state index is -2.86. The average Bonchev–Trinajstić information content (AvgIpc) is 3.01. The van der Waals surface area contributed by atoms with E-state index < -0.39 is 9.84 Å². The van der Waals surface area contributed by atoms with Gasteiger partial charge < -0.3 is 15.1 Å². The van der Waals surface area contributed by atoms with Gasteiger partial charge in [-0.2, -0.15) is 0 Å². The summed E-state index contributed by atoms with van der Waals surface area (Å²) < 4.78 is 23.4. The third kappa shape index (κ3) is 6.09. The van der Waals surface area contributed by atoms with Crippen molar-refractivity contribution in [3.8, 4) is 0 Å². The number of carbonyl (C=O) groups excluding carboxylic acids is 1. The molecular formula is C19H34N4O3S. The van der Waals surface area contributed by atoms with Crippen molar-refractivity contribution in [3.63, 3.8) is 0 Å². The van der Waals surface area contributed by atoms with Crippen LogP contribution in [0.5, 0.6) is 0 Å². The molecule has 1 atom stereocenters. The maximum atomic E-state index is 11.7. The zero-order valence-corrected chi connectivity index (χ0v) is 17.3. The summed E-state index contributed by atoms with van der Waals surface area (Å²) in [5.41, 5.74) is 0. The van der Waals surface area contributed by atoms with Crippen LogP contribution in [0.2, 0.25) is 0 Å². The quantitative estimate of drug-likeness (QED) is 0.567. The Hall–Kier alpha value is -1.31. The lowest BCUT2D eigenvalue weighted by atomic mass is 9.89. The first-order valence-corrected chi connectivity index (χ1v) is 12.2. The van der Waals surface area contributed by atoms with E-state index in [1.165, 1.54) is 32.1 Å². The maximum absolute atomic E-state index is 11.7. The molecular weight excluding hydrogens is 364 g/mol.